The molecule has 2 aliphatic heterocycles. The summed E-state index contributed by atoms with van der Waals surface area (Å²) in [5.74, 6) is 0.581. The van der Waals surface area contributed by atoms with Crippen LogP contribution in [0.15, 0.2) is 24.3 Å². The van der Waals surface area contributed by atoms with Crippen molar-refractivity contribution in [2.75, 3.05) is 39.3 Å². The van der Waals surface area contributed by atoms with E-state index < -0.39 is 0 Å². The van der Waals surface area contributed by atoms with Crippen molar-refractivity contribution in [2.45, 2.75) is 13.5 Å². The summed E-state index contributed by atoms with van der Waals surface area (Å²) in [6.07, 6.45) is 0. The van der Waals surface area contributed by atoms with Crippen molar-refractivity contribution in [3.05, 3.63) is 35.4 Å². The molecule has 0 radical (unpaired) electrons. The van der Waals surface area contributed by atoms with Crippen LogP contribution in [0, 0.1) is 12.8 Å². The van der Waals surface area contributed by atoms with Crippen LogP contribution in [-0.2, 0) is 11.3 Å². The second kappa shape index (κ2) is 5.94. The predicted octanol–water partition coefficient (Wildman–Crippen LogP) is 0.859. The summed E-state index contributed by atoms with van der Waals surface area (Å²) >= 11 is 0. The third kappa shape index (κ3) is 2.86. The van der Waals surface area contributed by atoms with Gasteiger partial charge in [0.05, 0.1) is 5.92 Å². The molecule has 0 spiro atoms. The number of benzene rings is 1. The Labute approximate surface area is 120 Å². The highest BCUT2D eigenvalue weighted by atomic mass is 16.2. The molecule has 4 heteroatoms. The average Bonchev–Trinajstić information content (AvgIpc) is 2.40. The molecule has 20 heavy (non-hydrogen) atoms. The minimum Gasteiger partial charge on any atom is -0.340 e. The summed E-state index contributed by atoms with van der Waals surface area (Å²) in [5.41, 5.74) is 2.75. The minimum atomic E-state index is 0.234. The summed E-state index contributed by atoms with van der Waals surface area (Å²) in [5, 5.41) is 3.17. The van der Waals surface area contributed by atoms with E-state index in [1.165, 1.54) is 11.1 Å². The SMILES string of the molecule is Cc1ccccc1CN1CCN(C(=O)C2CNC2)CC1. The van der Waals surface area contributed by atoms with E-state index >= 15 is 0 Å². The third-order valence-electron chi connectivity index (χ3n) is 4.47. The maximum atomic E-state index is 12.2. The van der Waals surface area contributed by atoms with Crippen molar-refractivity contribution < 1.29 is 4.79 Å². The normalized spacial score (nSPS) is 20.8. The van der Waals surface area contributed by atoms with Gasteiger partial charge in [-0.05, 0) is 18.1 Å². The van der Waals surface area contributed by atoms with Crippen LogP contribution in [0.5, 0.6) is 0 Å². The van der Waals surface area contributed by atoms with E-state index in [4.69, 9.17) is 0 Å². The van der Waals surface area contributed by atoms with Crippen LogP contribution in [0.3, 0.4) is 0 Å². The average molecular weight is 273 g/mol. The molecular formula is C16H23N3O. The Bertz CT molecular complexity index is 476. The number of carbonyl (C=O) groups is 1. The molecule has 0 aliphatic carbocycles. The van der Waals surface area contributed by atoms with Crippen molar-refractivity contribution in [3.63, 3.8) is 0 Å². The molecular weight excluding hydrogens is 250 g/mol. The molecule has 4 nitrogen and oxygen atoms in total. The van der Waals surface area contributed by atoms with E-state index in [0.717, 1.165) is 45.8 Å². The van der Waals surface area contributed by atoms with E-state index in [-0.39, 0.29) is 5.92 Å². The number of nitrogens with one attached hydrogen (secondary N) is 1. The standard InChI is InChI=1S/C16H23N3O/c1-13-4-2-3-5-14(13)12-18-6-8-19(9-7-18)16(20)15-10-17-11-15/h2-5,15,17H,6-12H2,1H3. The van der Waals surface area contributed by atoms with Gasteiger partial charge < -0.3 is 10.2 Å². The number of aryl methyl sites for hydroxylation is 1. The number of hydrogen-bond acceptors (Lipinski definition) is 3. The van der Waals surface area contributed by atoms with Crippen molar-refractivity contribution in [3.8, 4) is 0 Å². The first-order valence-corrected chi connectivity index (χ1v) is 7.50. The van der Waals surface area contributed by atoms with Crippen LogP contribution in [-0.4, -0.2) is 55.0 Å². The van der Waals surface area contributed by atoms with Crippen LogP contribution in [0.1, 0.15) is 11.1 Å². The summed E-state index contributed by atoms with van der Waals surface area (Å²) < 4.78 is 0. The number of amides is 1. The lowest BCUT2D eigenvalue weighted by Crippen LogP contribution is -2.56. The Morgan fingerprint density at radius 1 is 1.20 bits per heavy atom. The largest absolute Gasteiger partial charge is 0.340 e. The van der Waals surface area contributed by atoms with Crippen LogP contribution < -0.4 is 5.32 Å². The highest BCUT2D eigenvalue weighted by molar-refractivity contribution is 5.80. The second-order valence-corrected chi connectivity index (χ2v) is 5.88. The highest BCUT2D eigenvalue weighted by Crippen LogP contribution is 2.14. The maximum Gasteiger partial charge on any atom is 0.228 e. The second-order valence-electron chi connectivity index (χ2n) is 5.88. The Morgan fingerprint density at radius 3 is 2.50 bits per heavy atom. The van der Waals surface area contributed by atoms with Crippen molar-refractivity contribution in [2.24, 2.45) is 5.92 Å². The summed E-state index contributed by atoms with van der Waals surface area (Å²) in [4.78, 5) is 16.7. The molecule has 1 N–H and O–H groups in total. The number of nitrogens with zero attached hydrogens (tertiary/aromatic N) is 2. The van der Waals surface area contributed by atoms with Crippen LogP contribution in [0.4, 0.5) is 0 Å². The Morgan fingerprint density at radius 2 is 1.90 bits per heavy atom. The fraction of sp³-hybridized carbons (Fsp3) is 0.562. The van der Waals surface area contributed by atoms with E-state index in [9.17, 15) is 4.79 Å². The Hall–Kier alpha value is -1.39. The lowest BCUT2D eigenvalue weighted by molar-refractivity contribution is -0.138. The summed E-state index contributed by atoms with van der Waals surface area (Å²) in [6, 6.07) is 8.55. The van der Waals surface area contributed by atoms with Crippen LogP contribution >= 0.6 is 0 Å². The zero-order valence-corrected chi connectivity index (χ0v) is 12.1. The van der Waals surface area contributed by atoms with E-state index in [1.54, 1.807) is 0 Å². The van der Waals surface area contributed by atoms with Gasteiger partial charge in [-0.25, -0.2) is 0 Å². The van der Waals surface area contributed by atoms with Gasteiger partial charge in [0.15, 0.2) is 0 Å². The van der Waals surface area contributed by atoms with E-state index in [0.29, 0.717) is 5.91 Å². The van der Waals surface area contributed by atoms with Gasteiger partial charge in [-0.3, -0.25) is 9.69 Å². The van der Waals surface area contributed by atoms with E-state index in [1.807, 2.05) is 4.90 Å². The number of hydrogen-bond donors (Lipinski definition) is 1. The molecule has 108 valence electrons. The van der Waals surface area contributed by atoms with Gasteiger partial charge in [-0.15, -0.1) is 0 Å². The molecule has 3 rings (SSSR count). The van der Waals surface area contributed by atoms with Crippen molar-refractivity contribution in [1.29, 1.82) is 0 Å². The first-order chi connectivity index (χ1) is 9.74. The molecule has 0 saturated carbocycles. The number of carbonyl (C=O) groups excluding carboxylic acids is 1. The maximum absolute atomic E-state index is 12.2. The molecule has 0 atom stereocenters. The van der Waals surface area contributed by atoms with Gasteiger partial charge in [0.2, 0.25) is 5.91 Å². The van der Waals surface area contributed by atoms with Gasteiger partial charge in [-0.2, -0.15) is 0 Å². The number of piperazine rings is 1. The van der Waals surface area contributed by atoms with Crippen LogP contribution in [0.2, 0.25) is 0 Å². The molecule has 2 saturated heterocycles. The molecule has 0 bridgehead atoms. The fourth-order valence-corrected chi connectivity index (χ4v) is 2.88. The molecule has 1 aromatic rings. The third-order valence-corrected chi connectivity index (χ3v) is 4.47. The van der Waals surface area contributed by atoms with Gasteiger partial charge in [-0.1, -0.05) is 24.3 Å². The molecule has 2 heterocycles. The van der Waals surface area contributed by atoms with Crippen LogP contribution in [0.25, 0.3) is 0 Å². The van der Waals surface area contributed by atoms with Crippen molar-refractivity contribution >= 4 is 5.91 Å². The first kappa shape index (κ1) is 13.6. The summed E-state index contributed by atoms with van der Waals surface area (Å²) in [6.45, 7) is 8.62. The van der Waals surface area contributed by atoms with Gasteiger partial charge in [0.25, 0.3) is 0 Å². The number of rotatable bonds is 3. The molecule has 0 unspecified atom stereocenters. The molecule has 1 amide bonds. The molecule has 2 fully saturated rings. The lowest BCUT2D eigenvalue weighted by Gasteiger charge is -2.38. The zero-order chi connectivity index (χ0) is 13.9. The van der Waals surface area contributed by atoms with Gasteiger partial charge in [0.1, 0.15) is 0 Å². The summed E-state index contributed by atoms with van der Waals surface area (Å²) in [7, 11) is 0. The molecule has 2 aliphatic rings. The Balaban J connectivity index is 1.51. The predicted molar refractivity (Wildman–Crippen MR) is 79.4 cm³/mol. The topological polar surface area (TPSA) is 35.6 Å². The van der Waals surface area contributed by atoms with Gasteiger partial charge in [0, 0.05) is 45.8 Å². The van der Waals surface area contributed by atoms with Crippen molar-refractivity contribution in [1.82, 2.24) is 15.1 Å². The van der Waals surface area contributed by atoms with Gasteiger partial charge >= 0.3 is 0 Å². The highest BCUT2D eigenvalue weighted by Gasteiger charge is 2.30. The smallest absolute Gasteiger partial charge is 0.228 e. The molecule has 0 aromatic heterocycles. The van der Waals surface area contributed by atoms with E-state index in [2.05, 4.69) is 41.4 Å². The quantitative estimate of drug-likeness (QED) is 0.887. The lowest BCUT2D eigenvalue weighted by atomic mass is 10.0. The Kier molecular flexibility index (Phi) is 4.03. The fourth-order valence-electron chi connectivity index (χ4n) is 2.88. The minimum absolute atomic E-state index is 0.234. The first-order valence-electron chi connectivity index (χ1n) is 7.50. The zero-order valence-electron chi connectivity index (χ0n) is 12.1. The monoisotopic (exact) mass is 273 g/mol. The molecule has 1 aromatic carbocycles.